The Labute approximate surface area is 102 Å². The van der Waals surface area contributed by atoms with Crippen molar-refractivity contribution in [1.82, 2.24) is 9.55 Å². The third-order valence-corrected chi connectivity index (χ3v) is 4.41. The zero-order valence-corrected chi connectivity index (χ0v) is 10.1. The van der Waals surface area contributed by atoms with Gasteiger partial charge in [0.1, 0.15) is 11.1 Å². The molecule has 0 fully saturated rings. The van der Waals surface area contributed by atoms with Gasteiger partial charge >= 0.3 is 0 Å². The lowest BCUT2D eigenvalue weighted by atomic mass is 9.97. The van der Waals surface area contributed by atoms with Crippen LogP contribution in [0, 0.1) is 0 Å². The number of aldehydes is 1. The van der Waals surface area contributed by atoms with Crippen molar-refractivity contribution in [2.24, 2.45) is 0 Å². The molecule has 2 heterocycles. The first-order valence-corrected chi connectivity index (χ1v) is 6.56. The fourth-order valence-electron chi connectivity index (χ4n) is 2.39. The van der Waals surface area contributed by atoms with Gasteiger partial charge in [-0.3, -0.25) is 9.36 Å². The van der Waals surface area contributed by atoms with Gasteiger partial charge in [0, 0.05) is 4.88 Å². The number of rotatable bonds is 2. The summed E-state index contributed by atoms with van der Waals surface area (Å²) in [5, 5.41) is 0.744. The van der Waals surface area contributed by atoms with Gasteiger partial charge in [-0.05, 0) is 31.2 Å². The van der Waals surface area contributed by atoms with Gasteiger partial charge in [0.25, 0.3) is 5.56 Å². The lowest BCUT2D eigenvalue weighted by molar-refractivity contribution is -0.108. The summed E-state index contributed by atoms with van der Waals surface area (Å²) < 4.78 is 1.39. The van der Waals surface area contributed by atoms with Gasteiger partial charge in [0.2, 0.25) is 0 Å². The molecule has 0 radical (unpaired) electrons. The van der Waals surface area contributed by atoms with E-state index in [0.717, 1.165) is 35.8 Å². The monoisotopic (exact) mass is 248 g/mol. The maximum atomic E-state index is 12.2. The molecule has 0 N–H and O–H groups in total. The molecule has 0 unspecified atom stereocenters. The molecular weight excluding hydrogens is 236 g/mol. The molecule has 17 heavy (non-hydrogen) atoms. The number of carbonyl (C=O) groups is 1. The first-order valence-electron chi connectivity index (χ1n) is 5.74. The summed E-state index contributed by atoms with van der Waals surface area (Å²) in [6.45, 7) is 0.0897. The average Bonchev–Trinajstić information content (AvgIpc) is 2.72. The van der Waals surface area contributed by atoms with Crippen LogP contribution in [0.25, 0.3) is 10.2 Å². The van der Waals surface area contributed by atoms with E-state index >= 15 is 0 Å². The zero-order valence-electron chi connectivity index (χ0n) is 9.31. The predicted octanol–water partition coefficient (Wildman–Crippen LogP) is 1.54. The van der Waals surface area contributed by atoms with Crippen LogP contribution >= 0.6 is 11.3 Å². The van der Waals surface area contributed by atoms with Crippen molar-refractivity contribution in [2.75, 3.05) is 0 Å². The van der Waals surface area contributed by atoms with E-state index < -0.39 is 0 Å². The second kappa shape index (κ2) is 4.07. The molecule has 2 aromatic heterocycles. The van der Waals surface area contributed by atoms with Gasteiger partial charge in [0.15, 0.2) is 0 Å². The number of aryl methyl sites for hydroxylation is 2. The van der Waals surface area contributed by atoms with Gasteiger partial charge in [-0.1, -0.05) is 0 Å². The summed E-state index contributed by atoms with van der Waals surface area (Å²) in [6.07, 6.45) is 6.57. The van der Waals surface area contributed by atoms with E-state index in [4.69, 9.17) is 0 Å². The second-order valence-electron chi connectivity index (χ2n) is 4.26. The van der Waals surface area contributed by atoms with E-state index in [1.54, 1.807) is 11.3 Å². The van der Waals surface area contributed by atoms with Crippen molar-refractivity contribution >= 4 is 27.8 Å². The Bertz CT molecular complexity index is 642. The van der Waals surface area contributed by atoms with Crippen LogP contribution in [0.1, 0.15) is 23.3 Å². The van der Waals surface area contributed by atoms with Gasteiger partial charge in [-0.2, -0.15) is 0 Å². The fraction of sp³-hybridized carbons (Fsp3) is 0.417. The standard InChI is InChI=1S/C12H12N2O2S/c15-6-5-14-7-13-11-10(12(14)16)8-3-1-2-4-9(8)17-11/h6-7H,1-5H2. The first-order chi connectivity index (χ1) is 8.31. The lowest BCUT2D eigenvalue weighted by Gasteiger charge is -2.09. The summed E-state index contributed by atoms with van der Waals surface area (Å²) in [5.74, 6) is 0. The summed E-state index contributed by atoms with van der Waals surface area (Å²) in [5.41, 5.74) is 1.11. The van der Waals surface area contributed by atoms with E-state index in [-0.39, 0.29) is 12.1 Å². The van der Waals surface area contributed by atoms with Crippen molar-refractivity contribution in [3.8, 4) is 0 Å². The topological polar surface area (TPSA) is 52.0 Å². The van der Waals surface area contributed by atoms with Crippen LogP contribution in [0.4, 0.5) is 0 Å². The second-order valence-corrected chi connectivity index (χ2v) is 5.34. The predicted molar refractivity (Wildman–Crippen MR) is 66.6 cm³/mol. The molecule has 1 aliphatic rings. The molecule has 4 nitrogen and oxygen atoms in total. The molecule has 0 atom stereocenters. The quantitative estimate of drug-likeness (QED) is 0.757. The third-order valence-electron chi connectivity index (χ3n) is 3.21. The van der Waals surface area contributed by atoms with Crippen LogP contribution < -0.4 is 5.56 Å². The van der Waals surface area contributed by atoms with Gasteiger partial charge in [-0.25, -0.2) is 4.98 Å². The van der Waals surface area contributed by atoms with Crippen molar-refractivity contribution in [1.29, 1.82) is 0 Å². The molecule has 0 spiro atoms. The Kier molecular flexibility index (Phi) is 2.55. The maximum Gasteiger partial charge on any atom is 0.262 e. The molecule has 0 saturated heterocycles. The summed E-state index contributed by atoms with van der Waals surface area (Å²) in [4.78, 5) is 29.1. The van der Waals surface area contributed by atoms with Crippen LogP contribution in [-0.4, -0.2) is 15.8 Å². The van der Waals surface area contributed by atoms with E-state index in [1.165, 1.54) is 27.8 Å². The number of carbonyl (C=O) groups excluding carboxylic acids is 1. The Morgan fingerprint density at radius 1 is 1.41 bits per heavy atom. The number of thiophene rings is 1. The molecule has 0 aromatic carbocycles. The van der Waals surface area contributed by atoms with Gasteiger partial charge in [-0.15, -0.1) is 11.3 Å². The molecule has 5 heteroatoms. The molecule has 0 bridgehead atoms. The van der Waals surface area contributed by atoms with Crippen molar-refractivity contribution < 1.29 is 4.79 Å². The highest BCUT2D eigenvalue weighted by Crippen LogP contribution is 2.33. The molecule has 0 amide bonds. The van der Waals surface area contributed by atoms with Crippen LogP contribution in [0.5, 0.6) is 0 Å². The molecule has 88 valence electrons. The van der Waals surface area contributed by atoms with Gasteiger partial charge < -0.3 is 4.79 Å². The van der Waals surface area contributed by atoms with Crippen LogP contribution in [-0.2, 0) is 24.2 Å². The van der Waals surface area contributed by atoms with Gasteiger partial charge in [0.05, 0.1) is 18.3 Å². The molecule has 3 rings (SSSR count). The number of fused-ring (bicyclic) bond motifs is 3. The van der Waals surface area contributed by atoms with Crippen LogP contribution in [0.15, 0.2) is 11.1 Å². The number of hydrogen-bond acceptors (Lipinski definition) is 4. The third kappa shape index (κ3) is 1.61. The number of aromatic nitrogens is 2. The number of nitrogens with zero attached hydrogens (tertiary/aromatic N) is 2. The van der Waals surface area contributed by atoms with E-state index in [1.807, 2.05) is 0 Å². The summed E-state index contributed by atoms with van der Waals surface area (Å²) >= 11 is 1.63. The Morgan fingerprint density at radius 3 is 3.06 bits per heavy atom. The molecule has 0 saturated carbocycles. The van der Waals surface area contributed by atoms with Crippen LogP contribution in [0.3, 0.4) is 0 Å². The minimum atomic E-state index is -0.0681. The Hall–Kier alpha value is -1.49. The fourth-order valence-corrected chi connectivity index (χ4v) is 3.61. The summed E-state index contributed by atoms with van der Waals surface area (Å²) in [7, 11) is 0. The zero-order chi connectivity index (χ0) is 11.8. The highest BCUT2D eigenvalue weighted by Gasteiger charge is 2.19. The van der Waals surface area contributed by atoms with E-state index in [9.17, 15) is 9.59 Å². The van der Waals surface area contributed by atoms with Crippen molar-refractivity contribution in [3.63, 3.8) is 0 Å². The Morgan fingerprint density at radius 2 is 2.24 bits per heavy atom. The van der Waals surface area contributed by atoms with Crippen LogP contribution in [0.2, 0.25) is 0 Å². The normalized spacial score (nSPS) is 14.8. The molecular formula is C12H12N2O2S. The average molecular weight is 248 g/mol. The van der Waals surface area contributed by atoms with E-state index in [0.29, 0.717) is 0 Å². The molecule has 0 aliphatic heterocycles. The number of hydrogen-bond donors (Lipinski definition) is 0. The molecule has 2 aromatic rings. The SMILES string of the molecule is O=CCn1cnc2sc3c(c2c1=O)CCCC3. The smallest absolute Gasteiger partial charge is 0.262 e. The maximum absolute atomic E-state index is 12.2. The van der Waals surface area contributed by atoms with Crippen molar-refractivity contribution in [2.45, 2.75) is 32.2 Å². The largest absolute Gasteiger partial charge is 0.301 e. The first kappa shape index (κ1) is 10.7. The highest BCUT2D eigenvalue weighted by atomic mass is 32.1. The minimum Gasteiger partial charge on any atom is -0.301 e. The Balaban J connectivity index is 2.30. The lowest BCUT2D eigenvalue weighted by Crippen LogP contribution is -2.21. The minimum absolute atomic E-state index is 0.0681. The molecule has 1 aliphatic carbocycles. The van der Waals surface area contributed by atoms with Crippen molar-refractivity contribution in [3.05, 3.63) is 27.1 Å². The van der Waals surface area contributed by atoms with E-state index in [2.05, 4.69) is 4.98 Å². The summed E-state index contributed by atoms with van der Waals surface area (Å²) in [6, 6.07) is 0. The highest BCUT2D eigenvalue weighted by molar-refractivity contribution is 7.18.